The molecule has 142 valence electrons. The van der Waals surface area contributed by atoms with E-state index in [0.717, 1.165) is 0 Å². The molecule has 0 aliphatic carbocycles. The Bertz CT molecular complexity index is 749. The second-order valence-electron chi connectivity index (χ2n) is 6.64. The quantitative estimate of drug-likeness (QED) is 0.415. The zero-order chi connectivity index (χ0) is 19.5. The first-order valence-corrected chi connectivity index (χ1v) is 8.38. The van der Waals surface area contributed by atoms with Gasteiger partial charge in [0, 0.05) is 0 Å². The molecule has 2 aromatic carbocycles. The summed E-state index contributed by atoms with van der Waals surface area (Å²) in [6.07, 6.45) is -3.81. The molecule has 6 N–H and O–H groups in total. The van der Waals surface area contributed by atoms with E-state index in [0.29, 0.717) is 11.1 Å². The van der Waals surface area contributed by atoms with Gasteiger partial charge in [-0.3, -0.25) is 0 Å². The lowest BCUT2D eigenvalue weighted by molar-refractivity contribution is -0.234. The molecule has 6 nitrogen and oxygen atoms in total. The number of benzene rings is 2. The van der Waals surface area contributed by atoms with Crippen LogP contribution in [0.5, 0.6) is 0 Å². The molecular weight excluding hydrogens is 336 g/mol. The average Bonchev–Trinajstić information content (AvgIpc) is 2.66. The molecule has 0 saturated heterocycles. The van der Waals surface area contributed by atoms with Crippen molar-refractivity contribution in [1.29, 1.82) is 0 Å². The minimum atomic E-state index is -2.42. The van der Waals surface area contributed by atoms with Crippen LogP contribution in [-0.2, 0) is 11.2 Å². The maximum atomic E-state index is 11.3. The van der Waals surface area contributed by atoms with Crippen LogP contribution in [0.2, 0.25) is 0 Å². The third kappa shape index (κ3) is 3.27. The van der Waals surface area contributed by atoms with Crippen LogP contribution in [0.4, 0.5) is 0 Å². The van der Waals surface area contributed by atoms with Gasteiger partial charge in [0.05, 0.1) is 13.2 Å². The summed E-state index contributed by atoms with van der Waals surface area (Å²) >= 11 is 0. The van der Waals surface area contributed by atoms with Crippen molar-refractivity contribution < 1.29 is 30.6 Å². The van der Waals surface area contributed by atoms with Crippen molar-refractivity contribution in [2.75, 3.05) is 13.2 Å². The lowest BCUT2D eigenvalue weighted by Gasteiger charge is -2.45. The minimum Gasteiger partial charge on any atom is -0.394 e. The SMILES string of the molecule is Cc1ccccc1[C@@](O)([C@H](O)CO)[C@H](O)[C@@](O)(CO)c1ccccc1C. The molecule has 0 aliphatic heterocycles. The molecule has 26 heavy (non-hydrogen) atoms. The van der Waals surface area contributed by atoms with Gasteiger partial charge < -0.3 is 30.6 Å². The summed E-state index contributed by atoms with van der Waals surface area (Å²) in [6.45, 7) is 1.61. The van der Waals surface area contributed by atoms with E-state index < -0.39 is 36.6 Å². The summed E-state index contributed by atoms with van der Waals surface area (Å²) in [7, 11) is 0. The van der Waals surface area contributed by atoms with E-state index in [4.69, 9.17) is 0 Å². The first-order valence-electron chi connectivity index (χ1n) is 8.38. The van der Waals surface area contributed by atoms with Crippen LogP contribution in [0.3, 0.4) is 0 Å². The van der Waals surface area contributed by atoms with Crippen molar-refractivity contribution >= 4 is 0 Å². The van der Waals surface area contributed by atoms with E-state index in [1.165, 1.54) is 12.1 Å². The van der Waals surface area contributed by atoms with Gasteiger partial charge in [-0.15, -0.1) is 0 Å². The normalized spacial score (nSPS) is 18.6. The minimum absolute atomic E-state index is 0.148. The molecule has 2 aromatic rings. The number of aliphatic hydroxyl groups is 6. The Kier molecular flexibility index (Phi) is 6.18. The van der Waals surface area contributed by atoms with Gasteiger partial charge in [-0.2, -0.15) is 0 Å². The van der Waals surface area contributed by atoms with Gasteiger partial charge >= 0.3 is 0 Å². The lowest BCUT2D eigenvalue weighted by Crippen LogP contribution is -2.61. The monoisotopic (exact) mass is 362 g/mol. The first kappa shape index (κ1) is 20.5. The predicted molar refractivity (Wildman–Crippen MR) is 96.3 cm³/mol. The molecule has 0 unspecified atom stereocenters. The Morgan fingerprint density at radius 1 is 0.808 bits per heavy atom. The molecule has 0 bridgehead atoms. The zero-order valence-electron chi connectivity index (χ0n) is 14.9. The van der Waals surface area contributed by atoms with E-state index in [1.807, 2.05) is 0 Å². The molecule has 0 aromatic heterocycles. The van der Waals surface area contributed by atoms with Crippen molar-refractivity contribution in [3.63, 3.8) is 0 Å². The predicted octanol–water partition coefficient (Wildman–Crippen LogP) is 0.0852. The van der Waals surface area contributed by atoms with Gasteiger partial charge in [0.25, 0.3) is 0 Å². The summed E-state index contributed by atoms with van der Waals surface area (Å²) in [5.41, 5.74) is -3.18. The largest absolute Gasteiger partial charge is 0.394 e. The summed E-state index contributed by atoms with van der Waals surface area (Å²) in [6, 6.07) is 13.1. The standard InChI is InChI=1S/C20H26O6/c1-13-7-3-5-9-15(13)19(25,12-22)18(24)20(26,17(23)11-21)16-10-6-4-8-14(16)2/h3-10,17-18,21-26H,11-12H2,1-2H3/t17-,18-,19-,20-/m1/s1. The van der Waals surface area contributed by atoms with E-state index in [-0.39, 0.29) is 11.1 Å². The van der Waals surface area contributed by atoms with Gasteiger partial charge in [0.1, 0.15) is 23.4 Å². The molecule has 2 rings (SSSR count). The molecule has 0 aliphatic rings. The Morgan fingerprint density at radius 2 is 1.27 bits per heavy atom. The van der Waals surface area contributed by atoms with Gasteiger partial charge in [0.15, 0.2) is 0 Å². The molecule has 0 radical (unpaired) electrons. The van der Waals surface area contributed by atoms with Crippen LogP contribution in [0.1, 0.15) is 22.3 Å². The van der Waals surface area contributed by atoms with E-state index >= 15 is 0 Å². The zero-order valence-corrected chi connectivity index (χ0v) is 14.9. The van der Waals surface area contributed by atoms with Crippen LogP contribution in [0, 0.1) is 13.8 Å². The number of aryl methyl sites for hydroxylation is 2. The summed E-state index contributed by atoms with van der Waals surface area (Å²) < 4.78 is 0. The summed E-state index contributed by atoms with van der Waals surface area (Å²) in [5.74, 6) is 0. The fourth-order valence-corrected chi connectivity index (χ4v) is 3.41. The lowest BCUT2D eigenvalue weighted by atomic mass is 9.71. The van der Waals surface area contributed by atoms with Crippen LogP contribution in [0.25, 0.3) is 0 Å². The number of rotatable bonds is 7. The van der Waals surface area contributed by atoms with Gasteiger partial charge in [-0.1, -0.05) is 48.5 Å². The van der Waals surface area contributed by atoms with E-state index in [2.05, 4.69) is 0 Å². The van der Waals surface area contributed by atoms with Crippen molar-refractivity contribution in [3.8, 4) is 0 Å². The summed E-state index contributed by atoms with van der Waals surface area (Å²) in [4.78, 5) is 0. The molecule has 0 fully saturated rings. The molecule has 0 spiro atoms. The molecule has 6 heteroatoms. The van der Waals surface area contributed by atoms with Gasteiger partial charge in [-0.25, -0.2) is 0 Å². The Morgan fingerprint density at radius 3 is 1.69 bits per heavy atom. The second-order valence-corrected chi connectivity index (χ2v) is 6.64. The Labute approximate surface area is 152 Å². The topological polar surface area (TPSA) is 121 Å². The van der Waals surface area contributed by atoms with Crippen LogP contribution in [0.15, 0.2) is 48.5 Å². The molecular formula is C20H26O6. The fraction of sp³-hybridized carbons (Fsp3) is 0.400. The van der Waals surface area contributed by atoms with Crippen LogP contribution < -0.4 is 0 Å². The number of aliphatic hydroxyl groups excluding tert-OH is 4. The smallest absolute Gasteiger partial charge is 0.147 e. The van der Waals surface area contributed by atoms with E-state index in [9.17, 15) is 30.6 Å². The van der Waals surface area contributed by atoms with E-state index in [1.54, 1.807) is 50.2 Å². The maximum absolute atomic E-state index is 11.3. The average molecular weight is 362 g/mol. The highest BCUT2D eigenvalue weighted by molar-refractivity contribution is 5.38. The van der Waals surface area contributed by atoms with Crippen molar-refractivity contribution in [3.05, 3.63) is 70.8 Å². The molecule has 0 saturated carbocycles. The van der Waals surface area contributed by atoms with Crippen molar-refractivity contribution in [2.45, 2.75) is 37.3 Å². The molecule has 0 amide bonds. The maximum Gasteiger partial charge on any atom is 0.147 e. The highest BCUT2D eigenvalue weighted by Gasteiger charge is 2.55. The molecule has 4 atom stereocenters. The van der Waals surface area contributed by atoms with Crippen LogP contribution in [-0.4, -0.2) is 56.1 Å². The Balaban J connectivity index is 2.68. The van der Waals surface area contributed by atoms with Crippen molar-refractivity contribution in [2.24, 2.45) is 0 Å². The van der Waals surface area contributed by atoms with Crippen LogP contribution >= 0.6 is 0 Å². The summed E-state index contributed by atoms with van der Waals surface area (Å²) in [5, 5.41) is 63.1. The molecule has 0 heterocycles. The number of hydrogen-bond acceptors (Lipinski definition) is 6. The Hall–Kier alpha value is -1.80. The highest BCUT2D eigenvalue weighted by Crippen LogP contribution is 2.41. The third-order valence-corrected chi connectivity index (χ3v) is 4.98. The second kappa shape index (κ2) is 7.84. The van der Waals surface area contributed by atoms with Gasteiger partial charge in [0.2, 0.25) is 0 Å². The number of hydrogen-bond donors (Lipinski definition) is 6. The first-order chi connectivity index (χ1) is 12.2. The third-order valence-electron chi connectivity index (χ3n) is 4.98. The van der Waals surface area contributed by atoms with Crippen molar-refractivity contribution in [1.82, 2.24) is 0 Å². The highest BCUT2D eigenvalue weighted by atomic mass is 16.4. The van der Waals surface area contributed by atoms with Gasteiger partial charge in [-0.05, 0) is 36.1 Å². The fourth-order valence-electron chi connectivity index (χ4n) is 3.41.